The molecule has 1 saturated carbocycles. The second kappa shape index (κ2) is 5.76. The maximum atomic E-state index is 12.5. The summed E-state index contributed by atoms with van der Waals surface area (Å²) in [6, 6.07) is 5.04. The first kappa shape index (κ1) is 14.1. The van der Waals surface area contributed by atoms with E-state index >= 15 is 0 Å². The minimum Gasteiger partial charge on any atom is -0.299 e. The van der Waals surface area contributed by atoms with Crippen molar-refractivity contribution >= 4 is 5.78 Å². The number of hydrogen-bond acceptors (Lipinski definition) is 1. The number of alkyl halides is 3. The number of ketones is 1. The van der Waals surface area contributed by atoms with E-state index in [1.165, 1.54) is 12.1 Å². The Hall–Kier alpha value is -1.32. The van der Waals surface area contributed by atoms with Crippen molar-refractivity contribution in [3.8, 4) is 0 Å². The molecule has 0 aromatic heterocycles. The molecular formula is C15H17F3O. The van der Waals surface area contributed by atoms with Gasteiger partial charge in [0.2, 0.25) is 0 Å². The third-order valence-corrected chi connectivity index (χ3v) is 3.70. The number of carbonyl (C=O) groups is 1. The molecule has 1 atom stereocenters. The third-order valence-electron chi connectivity index (χ3n) is 3.70. The zero-order chi connectivity index (χ0) is 13.9. The second-order valence-electron chi connectivity index (χ2n) is 5.09. The van der Waals surface area contributed by atoms with Crippen LogP contribution in [-0.4, -0.2) is 5.78 Å². The van der Waals surface area contributed by atoms with Crippen LogP contribution in [0, 0.1) is 0 Å². The van der Waals surface area contributed by atoms with Crippen LogP contribution in [-0.2, 0) is 11.0 Å². The summed E-state index contributed by atoms with van der Waals surface area (Å²) >= 11 is 0. The van der Waals surface area contributed by atoms with Gasteiger partial charge in [-0.15, -0.1) is 0 Å². The van der Waals surface area contributed by atoms with Gasteiger partial charge in [-0.05, 0) is 30.5 Å². The molecule has 2 rings (SSSR count). The summed E-state index contributed by atoms with van der Waals surface area (Å²) in [4.78, 5) is 12.0. The fourth-order valence-corrected chi connectivity index (χ4v) is 2.59. The van der Waals surface area contributed by atoms with Crippen LogP contribution in [0.3, 0.4) is 0 Å². The molecule has 0 heterocycles. The molecule has 1 aromatic carbocycles. The van der Waals surface area contributed by atoms with Gasteiger partial charge in [0.25, 0.3) is 0 Å². The number of Topliss-reactive ketones (excluding diaryl/α,β-unsaturated/α-hetero) is 1. The number of benzene rings is 1. The molecule has 0 amide bonds. The Labute approximate surface area is 110 Å². The molecule has 0 bridgehead atoms. The highest BCUT2D eigenvalue weighted by molar-refractivity contribution is 5.85. The molecule has 0 saturated heterocycles. The van der Waals surface area contributed by atoms with Crippen molar-refractivity contribution in [1.29, 1.82) is 0 Å². The van der Waals surface area contributed by atoms with Gasteiger partial charge >= 0.3 is 6.18 Å². The minimum atomic E-state index is -4.32. The summed E-state index contributed by atoms with van der Waals surface area (Å²) in [5, 5.41) is 0. The molecule has 0 N–H and O–H groups in total. The van der Waals surface area contributed by atoms with Gasteiger partial charge < -0.3 is 0 Å². The summed E-state index contributed by atoms with van der Waals surface area (Å²) in [6.45, 7) is 0. The van der Waals surface area contributed by atoms with E-state index in [4.69, 9.17) is 0 Å². The second-order valence-corrected chi connectivity index (χ2v) is 5.09. The molecule has 1 aliphatic carbocycles. The van der Waals surface area contributed by atoms with Crippen LogP contribution in [0.25, 0.3) is 0 Å². The lowest BCUT2D eigenvalue weighted by atomic mass is 9.85. The maximum absolute atomic E-state index is 12.5. The van der Waals surface area contributed by atoms with Gasteiger partial charge in [0.1, 0.15) is 5.78 Å². The molecule has 4 heteroatoms. The van der Waals surface area contributed by atoms with Crippen molar-refractivity contribution in [2.75, 3.05) is 0 Å². The molecule has 0 spiro atoms. The van der Waals surface area contributed by atoms with Gasteiger partial charge in [0, 0.05) is 12.3 Å². The molecular weight excluding hydrogens is 253 g/mol. The van der Waals surface area contributed by atoms with Crippen LogP contribution in [0.2, 0.25) is 0 Å². The Morgan fingerprint density at radius 2 is 1.58 bits per heavy atom. The Balaban J connectivity index is 2.17. The Morgan fingerprint density at radius 3 is 2.21 bits per heavy atom. The standard InChI is InChI=1S/C15H17F3O/c16-15(17,18)12-9-7-11(8-10-12)13-5-3-1-2-4-6-14(13)19/h7-10,13H,1-6H2/t13-/m0/s1. The lowest BCUT2D eigenvalue weighted by molar-refractivity contribution is -0.137. The third kappa shape index (κ3) is 3.58. The van der Waals surface area contributed by atoms with Gasteiger partial charge in [-0.25, -0.2) is 0 Å². The average molecular weight is 270 g/mol. The van der Waals surface area contributed by atoms with E-state index in [-0.39, 0.29) is 11.7 Å². The zero-order valence-electron chi connectivity index (χ0n) is 10.7. The van der Waals surface area contributed by atoms with Crippen molar-refractivity contribution in [2.24, 2.45) is 0 Å². The number of halogens is 3. The van der Waals surface area contributed by atoms with E-state index in [0.717, 1.165) is 49.8 Å². The number of rotatable bonds is 1. The molecule has 19 heavy (non-hydrogen) atoms. The van der Waals surface area contributed by atoms with Gasteiger partial charge in [-0.2, -0.15) is 13.2 Å². The van der Waals surface area contributed by atoms with E-state index in [9.17, 15) is 18.0 Å². The Kier molecular flexibility index (Phi) is 4.27. The highest BCUT2D eigenvalue weighted by Gasteiger charge is 2.30. The summed E-state index contributed by atoms with van der Waals surface area (Å²) in [5.74, 6) is -0.0537. The number of hydrogen-bond donors (Lipinski definition) is 0. The van der Waals surface area contributed by atoms with Gasteiger partial charge in [-0.1, -0.05) is 31.4 Å². The molecule has 0 aliphatic heterocycles. The van der Waals surface area contributed by atoms with E-state index in [1.807, 2.05) is 0 Å². The molecule has 1 fully saturated rings. The van der Waals surface area contributed by atoms with Crippen molar-refractivity contribution in [3.05, 3.63) is 35.4 Å². The van der Waals surface area contributed by atoms with Crippen molar-refractivity contribution in [3.63, 3.8) is 0 Å². The minimum absolute atomic E-state index is 0.166. The van der Waals surface area contributed by atoms with Crippen molar-refractivity contribution in [2.45, 2.75) is 50.6 Å². The first-order chi connectivity index (χ1) is 8.98. The van der Waals surface area contributed by atoms with Crippen LogP contribution in [0.15, 0.2) is 24.3 Å². The molecule has 104 valence electrons. The van der Waals surface area contributed by atoms with Crippen LogP contribution in [0.5, 0.6) is 0 Å². The normalized spacial score (nSPS) is 21.8. The number of carbonyl (C=O) groups excluding carboxylic acids is 1. The summed E-state index contributed by atoms with van der Waals surface area (Å²) in [6.07, 6.45) is 1.03. The Bertz CT molecular complexity index is 434. The van der Waals surface area contributed by atoms with E-state index in [1.54, 1.807) is 0 Å². The molecule has 0 radical (unpaired) electrons. The predicted octanol–water partition coefficient (Wildman–Crippen LogP) is 4.71. The monoisotopic (exact) mass is 270 g/mol. The highest BCUT2D eigenvalue weighted by atomic mass is 19.4. The van der Waals surface area contributed by atoms with E-state index < -0.39 is 11.7 Å². The largest absolute Gasteiger partial charge is 0.416 e. The average Bonchev–Trinajstić information content (AvgIpc) is 2.34. The topological polar surface area (TPSA) is 17.1 Å². The molecule has 1 aliphatic rings. The summed E-state index contributed by atoms with van der Waals surface area (Å²) in [5.41, 5.74) is 0.0643. The highest BCUT2D eigenvalue weighted by Crippen LogP contribution is 2.32. The summed E-state index contributed by atoms with van der Waals surface area (Å²) < 4.78 is 37.5. The smallest absolute Gasteiger partial charge is 0.299 e. The molecule has 1 aromatic rings. The van der Waals surface area contributed by atoms with Crippen molar-refractivity contribution in [1.82, 2.24) is 0 Å². The SMILES string of the molecule is O=C1CCCCCC[C@H]1c1ccc(C(F)(F)F)cc1. The van der Waals surface area contributed by atoms with Crippen molar-refractivity contribution < 1.29 is 18.0 Å². The molecule has 0 unspecified atom stereocenters. The van der Waals surface area contributed by atoms with Crippen LogP contribution < -0.4 is 0 Å². The predicted molar refractivity (Wildman–Crippen MR) is 66.9 cm³/mol. The fraction of sp³-hybridized carbons (Fsp3) is 0.533. The van der Waals surface area contributed by atoms with Gasteiger partial charge in [0.05, 0.1) is 5.56 Å². The van der Waals surface area contributed by atoms with E-state index in [2.05, 4.69) is 0 Å². The van der Waals surface area contributed by atoms with Crippen LogP contribution in [0.1, 0.15) is 55.6 Å². The maximum Gasteiger partial charge on any atom is 0.416 e. The van der Waals surface area contributed by atoms with Crippen LogP contribution in [0.4, 0.5) is 13.2 Å². The lowest BCUT2D eigenvalue weighted by Crippen LogP contribution is -2.15. The first-order valence-corrected chi connectivity index (χ1v) is 6.68. The zero-order valence-corrected chi connectivity index (χ0v) is 10.7. The fourth-order valence-electron chi connectivity index (χ4n) is 2.59. The quantitative estimate of drug-likeness (QED) is 0.722. The molecule has 1 nitrogen and oxygen atoms in total. The van der Waals surface area contributed by atoms with E-state index in [0.29, 0.717) is 6.42 Å². The first-order valence-electron chi connectivity index (χ1n) is 6.68. The summed E-state index contributed by atoms with van der Waals surface area (Å²) in [7, 11) is 0. The lowest BCUT2D eigenvalue weighted by Gasteiger charge is -2.19. The van der Waals surface area contributed by atoms with Gasteiger partial charge in [-0.3, -0.25) is 4.79 Å². The van der Waals surface area contributed by atoms with Gasteiger partial charge in [0.15, 0.2) is 0 Å². The Morgan fingerprint density at radius 1 is 0.947 bits per heavy atom. The van der Waals surface area contributed by atoms with Crippen LogP contribution >= 0.6 is 0 Å².